The Morgan fingerprint density at radius 1 is 1.04 bits per heavy atom. The van der Waals surface area contributed by atoms with E-state index >= 15 is 0 Å². The number of oxazole rings is 1. The van der Waals surface area contributed by atoms with Crippen LogP contribution in [-0.4, -0.2) is 21.0 Å². The van der Waals surface area contributed by atoms with E-state index in [1.807, 2.05) is 12.1 Å². The predicted molar refractivity (Wildman–Crippen MR) is 107 cm³/mol. The van der Waals surface area contributed by atoms with Gasteiger partial charge >= 0.3 is 0 Å². The molecule has 138 valence electrons. The summed E-state index contributed by atoms with van der Waals surface area (Å²) in [6, 6.07) is 14.1. The third-order valence-electron chi connectivity index (χ3n) is 3.91. The molecule has 28 heavy (non-hydrogen) atoms. The Balaban J connectivity index is 1.47. The van der Waals surface area contributed by atoms with Crippen molar-refractivity contribution in [2.24, 2.45) is 0 Å². The fraction of sp³-hybridized carbons (Fsp3) is 0. The molecule has 0 aliphatic carbocycles. The number of carbonyl (C=O) groups is 1. The number of anilines is 1. The van der Waals surface area contributed by atoms with Crippen molar-refractivity contribution >= 4 is 40.0 Å². The average molecular weight is 392 g/mol. The second kappa shape index (κ2) is 7.53. The molecule has 0 saturated heterocycles. The molecular weight excluding hydrogens is 379 g/mol. The molecular formula is C20H13FN4O2S. The van der Waals surface area contributed by atoms with Crippen LogP contribution < -0.4 is 10.6 Å². The van der Waals surface area contributed by atoms with Crippen molar-refractivity contribution in [3.05, 3.63) is 78.4 Å². The average Bonchev–Trinajstić information content (AvgIpc) is 3.12. The largest absolute Gasteiger partial charge is 0.436 e. The number of nitrogens with zero attached hydrogens (tertiary/aromatic N) is 2. The van der Waals surface area contributed by atoms with Crippen LogP contribution in [-0.2, 0) is 0 Å². The molecule has 2 heterocycles. The van der Waals surface area contributed by atoms with Gasteiger partial charge in [-0.3, -0.25) is 15.1 Å². The molecule has 2 N–H and O–H groups in total. The highest BCUT2D eigenvalue weighted by Crippen LogP contribution is 2.25. The summed E-state index contributed by atoms with van der Waals surface area (Å²) in [5.41, 5.74) is 3.04. The molecule has 0 fully saturated rings. The van der Waals surface area contributed by atoms with Crippen molar-refractivity contribution in [1.29, 1.82) is 0 Å². The van der Waals surface area contributed by atoms with Gasteiger partial charge in [-0.25, -0.2) is 9.37 Å². The first-order valence-electron chi connectivity index (χ1n) is 8.27. The summed E-state index contributed by atoms with van der Waals surface area (Å²) in [6.45, 7) is 0. The van der Waals surface area contributed by atoms with Gasteiger partial charge < -0.3 is 9.73 Å². The van der Waals surface area contributed by atoms with Crippen LogP contribution in [0.5, 0.6) is 0 Å². The Kier molecular flexibility index (Phi) is 4.77. The molecule has 0 aliphatic heterocycles. The minimum Gasteiger partial charge on any atom is -0.436 e. The molecule has 2 aromatic heterocycles. The van der Waals surface area contributed by atoms with Crippen LogP contribution in [0.2, 0.25) is 0 Å². The quantitative estimate of drug-likeness (QED) is 0.510. The molecule has 0 bridgehead atoms. The van der Waals surface area contributed by atoms with Gasteiger partial charge in [0.05, 0.1) is 0 Å². The molecule has 0 unspecified atom stereocenters. The lowest BCUT2D eigenvalue weighted by molar-refractivity contribution is 0.0977. The van der Waals surface area contributed by atoms with E-state index in [-0.39, 0.29) is 5.11 Å². The van der Waals surface area contributed by atoms with Gasteiger partial charge in [-0.05, 0) is 66.8 Å². The molecule has 2 aromatic carbocycles. The monoisotopic (exact) mass is 392 g/mol. The number of carbonyl (C=O) groups excluding carboxylic acids is 1. The maximum atomic E-state index is 13.0. The number of rotatable bonds is 3. The van der Waals surface area contributed by atoms with Gasteiger partial charge in [0.1, 0.15) is 11.3 Å². The van der Waals surface area contributed by atoms with E-state index in [0.717, 1.165) is 5.56 Å². The van der Waals surface area contributed by atoms with Crippen molar-refractivity contribution < 1.29 is 13.6 Å². The zero-order valence-electron chi connectivity index (χ0n) is 14.3. The van der Waals surface area contributed by atoms with E-state index < -0.39 is 11.7 Å². The lowest BCUT2D eigenvalue weighted by Gasteiger charge is -2.09. The highest BCUT2D eigenvalue weighted by molar-refractivity contribution is 7.80. The summed E-state index contributed by atoms with van der Waals surface area (Å²) in [7, 11) is 0. The summed E-state index contributed by atoms with van der Waals surface area (Å²) in [5, 5.41) is 5.60. The molecule has 4 aromatic rings. The van der Waals surface area contributed by atoms with Crippen molar-refractivity contribution in [3.8, 4) is 11.5 Å². The van der Waals surface area contributed by atoms with Crippen molar-refractivity contribution in [2.45, 2.75) is 0 Å². The number of amides is 1. The molecule has 0 radical (unpaired) electrons. The van der Waals surface area contributed by atoms with E-state index in [1.165, 1.54) is 24.3 Å². The molecule has 0 atom stereocenters. The fourth-order valence-corrected chi connectivity index (χ4v) is 2.77. The Morgan fingerprint density at radius 3 is 2.54 bits per heavy atom. The van der Waals surface area contributed by atoms with Crippen molar-refractivity contribution in [2.75, 3.05) is 5.32 Å². The molecule has 4 rings (SSSR count). The van der Waals surface area contributed by atoms with Crippen LogP contribution in [0.3, 0.4) is 0 Å². The predicted octanol–water partition coefficient (Wildman–Crippen LogP) is 4.16. The summed E-state index contributed by atoms with van der Waals surface area (Å²) in [4.78, 5) is 20.6. The maximum absolute atomic E-state index is 13.0. The van der Waals surface area contributed by atoms with Gasteiger partial charge in [-0.15, -0.1) is 0 Å². The third kappa shape index (κ3) is 3.86. The van der Waals surface area contributed by atoms with Crippen LogP contribution >= 0.6 is 12.2 Å². The normalized spacial score (nSPS) is 10.6. The van der Waals surface area contributed by atoms with Crippen molar-refractivity contribution in [3.63, 3.8) is 0 Å². The smallest absolute Gasteiger partial charge is 0.257 e. The molecule has 1 amide bonds. The minimum atomic E-state index is -0.431. The Bertz CT molecular complexity index is 1160. The number of thiocarbonyl (C=S) groups is 1. The first-order chi connectivity index (χ1) is 13.6. The number of halogens is 1. The first-order valence-corrected chi connectivity index (χ1v) is 8.68. The second-order valence-electron chi connectivity index (χ2n) is 5.85. The van der Waals surface area contributed by atoms with Crippen LogP contribution in [0, 0.1) is 5.82 Å². The number of hydrogen-bond donors (Lipinski definition) is 2. The van der Waals surface area contributed by atoms with Crippen LogP contribution in [0.15, 0.2) is 71.4 Å². The maximum Gasteiger partial charge on any atom is 0.257 e. The highest BCUT2D eigenvalue weighted by atomic mass is 32.1. The Morgan fingerprint density at radius 2 is 1.79 bits per heavy atom. The van der Waals surface area contributed by atoms with Gasteiger partial charge in [0.15, 0.2) is 10.7 Å². The van der Waals surface area contributed by atoms with Gasteiger partial charge in [0.2, 0.25) is 5.89 Å². The molecule has 0 spiro atoms. The molecule has 0 saturated carbocycles. The summed E-state index contributed by atoms with van der Waals surface area (Å²) >= 11 is 5.17. The molecule has 0 aliphatic rings. The zero-order valence-corrected chi connectivity index (χ0v) is 15.2. The molecule has 6 nitrogen and oxygen atoms in total. The minimum absolute atomic E-state index is 0.117. The van der Waals surface area contributed by atoms with Crippen LogP contribution in [0.4, 0.5) is 10.1 Å². The number of benzene rings is 2. The summed E-state index contributed by atoms with van der Waals surface area (Å²) < 4.78 is 18.7. The Labute approximate surface area is 164 Å². The fourth-order valence-electron chi connectivity index (χ4n) is 2.56. The van der Waals surface area contributed by atoms with Gasteiger partial charge in [-0.1, -0.05) is 0 Å². The topological polar surface area (TPSA) is 80.0 Å². The van der Waals surface area contributed by atoms with Gasteiger partial charge in [-0.2, -0.15) is 0 Å². The first kappa shape index (κ1) is 17.7. The van der Waals surface area contributed by atoms with Crippen LogP contribution in [0.1, 0.15) is 10.4 Å². The lowest BCUT2D eigenvalue weighted by atomic mass is 10.2. The summed E-state index contributed by atoms with van der Waals surface area (Å²) in [5.74, 6) is -0.356. The van der Waals surface area contributed by atoms with E-state index in [4.69, 9.17) is 16.6 Å². The highest BCUT2D eigenvalue weighted by Gasteiger charge is 2.11. The van der Waals surface area contributed by atoms with Gasteiger partial charge in [0.25, 0.3) is 5.91 Å². The standard InChI is InChI=1S/C20H13FN4O2S/c21-14-3-1-12(2-4-14)18(26)25-20(28)23-15-5-6-17-16(11-15)24-19(27-17)13-7-9-22-10-8-13/h1-11H,(H2,23,25,26,28). The third-order valence-corrected chi connectivity index (χ3v) is 4.11. The van der Waals surface area contributed by atoms with E-state index in [9.17, 15) is 9.18 Å². The second-order valence-corrected chi connectivity index (χ2v) is 6.26. The SMILES string of the molecule is O=C(NC(=S)Nc1ccc2oc(-c3ccncc3)nc2c1)c1ccc(F)cc1. The van der Waals surface area contributed by atoms with E-state index in [0.29, 0.717) is 28.2 Å². The van der Waals surface area contributed by atoms with E-state index in [2.05, 4.69) is 20.6 Å². The van der Waals surface area contributed by atoms with Crippen LogP contribution in [0.25, 0.3) is 22.6 Å². The molecule has 8 heteroatoms. The zero-order chi connectivity index (χ0) is 19.5. The Hall–Kier alpha value is -3.65. The number of fused-ring (bicyclic) bond motifs is 1. The number of aromatic nitrogens is 2. The number of pyridine rings is 1. The van der Waals surface area contributed by atoms with Crippen molar-refractivity contribution in [1.82, 2.24) is 15.3 Å². The number of nitrogens with one attached hydrogen (secondary N) is 2. The number of hydrogen-bond acceptors (Lipinski definition) is 5. The summed E-state index contributed by atoms with van der Waals surface area (Å²) in [6.07, 6.45) is 3.33. The van der Waals surface area contributed by atoms with E-state index in [1.54, 1.807) is 30.6 Å². The lowest BCUT2D eigenvalue weighted by Crippen LogP contribution is -2.34. The van der Waals surface area contributed by atoms with Gasteiger partial charge in [0, 0.05) is 29.2 Å².